The van der Waals surface area contributed by atoms with E-state index < -0.39 is 0 Å². The first-order chi connectivity index (χ1) is 12.7. The van der Waals surface area contributed by atoms with E-state index in [0.29, 0.717) is 13.0 Å². The number of piperidine rings is 1. The van der Waals surface area contributed by atoms with Gasteiger partial charge in [0.2, 0.25) is 5.91 Å². The van der Waals surface area contributed by atoms with Crippen LogP contribution in [0.25, 0.3) is 0 Å². The fraction of sp³-hybridized carbons (Fsp3) is 0.700. The third-order valence-corrected chi connectivity index (χ3v) is 6.33. The van der Waals surface area contributed by atoms with E-state index in [2.05, 4.69) is 31.8 Å². The average Bonchev–Trinajstić information content (AvgIpc) is 3.11. The van der Waals surface area contributed by atoms with Crippen molar-refractivity contribution in [3.63, 3.8) is 0 Å². The van der Waals surface area contributed by atoms with E-state index in [1.54, 1.807) is 7.11 Å². The topological polar surface area (TPSA) is 48.9 Å². The molecule has 0 aromatic carbocycles. The van der Waals surface area contributed by atoms with Gasteiger partial charge in [0.1, 0.15) is 0 Å². The zero-order valence-corrected chi connectivity index (χ0v) is 15.7. The number of aromatic nitrogens is 1. The molecule has 6 nitrogen and oxygen atoms in total. The minimum atomic E-state index is 0.266. The van der Waals surface area contributed by atoms with Crippen molar-refractivity contribution in [2.45, 2.75) is 13.0 Å². The maximum Gasteiger partial charge on any atom is 0.224 e. The number of carbonyl (C=O) groups excluding carboxylic acids is 1. The summed E-state index contributed by atoms with van der Waals surface area (Å²) in [6.07, 6.45) is 4.28. The van der Waals surface area contributed by atoms with Crippen LogP contribution in [-0.4, -0.2) is 85.1 Å². The van der Waals surface area contributed by atoms with Gasteiger partial charge in [-0.15, -0.1) is 0 Å². The normalized spacial score (nSPS) is 29.0. The highest BCUT2D eigenvalue weighted by Gasteiger charge is 2.56. The van der Waals surface area contributed by atoms with Gasteiger partial charge in [-0.2, -0.15) is 0 Å². The van der Waals surface area contributed by atoms with Gasteiger partial charge in [0.05, 0.1) is 13.0 Å². The summed E-state index contributed by atoms with van der Waals surface area (Å²) in [6.45, 7) is 9.35. The molecule has 1 saturated carbocycles. The quantitative estimate of drug-likeness (QED) is 0.726. The summed E-state index contributed by atoms with van der Waals surface area (Å²) in [4.78, 5) is 23.4. The molecule has 1 aromatic rings. The van der Waals surface area contributed by atoms with Crippen LogP contribution < -0.4 is 0 Å². The molecule has 4 rings (SSSR count). The van der Waals surface area contributed by atoms with E-state index in [1.807, 2.05) is 12.4 Å². The maximum absolute atomic E-state index is 12.1. The SMILES string of the molecule is COCCC(=O)N1C[C@@H]2C(CN3CCN(Cc4ccncc4)CC3)[C@@H]2C1. The van der Waals surface area contributed by atoms with Gasteiger partial charge in [0, 0.05) is 71.9 Å². The van der Waals surface area contributed by atoms with Crippen molar-refractivity contribution >= 4 is 5.91 Å². The lowest BCUT2D eigenvalue weighted by molar-refractivity contribution is -0.131. The minimum absolute atomic E-state index is 0.266. The van der Waals surface area contributed by atoms with Crippen LogP contribution in [0.15, 0.2) is 24.5 Å². The molecule has 2 saturated heterocycles. The number of hydrogen-bond donors (Lipinski definition) is 0. The van der Waals surface area contributed by atoms with Gasteiger partial charge < -0.3 is 14.5 Å². The van der Waals surface area contributed by atoms with Crippen LogP contribution in [0.3, 0.4) is 0 Å². The predicted molar refractivity (Wildman–Crippen MR) is 99.5 cm³/mol. The Morgan fingerprint density at radius 2 is 1.77 bits per heavy atom. The van der Waals surface area contributed by atoms with Crippen LogP contribution in [0.5, 0.6) is 0 Å². The van der Waals surface area contributed by atoms with Gasteiger partial charge in [0.15, 0.2) is 0 Å². The highest BCUT2D eigenvalue weighted by molar-refractivity contribution is 5.76. The van der Waals surface area contributed by atoms with E-state index >= 15 is 0 Å². The van der Waals surface area contributed by atoms with E-state index in [0.717, 1.165) is 63.6 Å². The van der Waals surface area contributed by atoms with Gasteiger partial charge in [0.25, 0.3) is 0 Å². The molecule has 1 unspecified atom stereocenters. The number of amides is 1. The van der Waals surface area contributed by atoms with E-state index in [-0.39, 0.29) is 5.91 Å². The summed E-state index contributed by atoms with van der Waals surface area (Å²) >= 11 is 0. The molecule has 0 bridgehead atoms. The van der Waals surface area contributed by atoms with Crippen LogP contribution in [-0.2, 0) is 16.1 Å². The van der Waals surface area contributed by atoms with E-state index in [9.17, 15) is 4.79 Å². The summed E-state index contributed by atoms with van der Waals surface area (Å²) in [5.74, 6) is 2.57. The number of piperazine rings is 1. The Kier molecular flexibility index (Phi) is 5.52. The van der Waals surface area contributed by atoms with Crippen molar-refractivity contribution in [2.75, 3.05) is 59.5 Å². The number of rotatable bonds is 7. The first kappa shape index (κ1) is 17.9. The molecule has 2 aliphatic heterocycles. The van der Waals surface area contributed by atoms with Crippen molar-refractivity contribution in [1.82, 2.24) is 19.7 Å². The zero-order valence-electron chi connectivity index (χ0n) is 15.7. The molecular weight excluding hydrogens is 328 g/mol. The Bertz CT molecular complexity index is 591. The Morgan fingerprint density at radius 1 is 1.12 bits per heavy atom. The molecule has 26 heavy (non-hydrogen) atoms. The molecule has 0 radical (unpaired) electrons. The second-order valence-corrected chi connectivity index (χ2v) is 7.97. The lowest BCUT2D eigenvalue weighted by atomic mass is 10.2. The molecule has 0 N–H and O–H groups in total. The first-order valence-electron chi connectivity index (χ1n) is 9.85. The largest absolute Gasteiger partial charge is 0.384 e. The van der Waals surface area contributed by atoms with Gasteiger partial charge in [-0.1, -0.05) is 0 Å². The highest BCUT2D eigenvalue weighted by Crippen LogP contribution is 2.52. The lowest BCUT2D eigenvalue weighted by Crippen LogP contribution is -2.47. The molecular formula is C20H30N4O2. The fourth-order valence-corrected chi connectivity index (χ4v) is 4.65. The van der Waals surface area contributed by atoms with Crippen molar-refractivity contribution in [3.05, 3.63) is 30.1 Å². The molecule has 1 amide bonds. The summed E-state index contributed by atoms with van der Waals surface area (Å²) in [7, 11) is 1.65. The molecule has 142 valence electrons. The molecule has 3 aliphatic rings. The van der Waals surface area contributed by atoms with Crippen LogP contribution in [0, 0.1) is 17.8 Å². The molecule has 6 heteroatoms. The van der Waals surface area contributed by atoms with Crippen LogP contribution >= 0.6 is 0 Å². The fourth-order valence-electron chi connectivity index (χ4n) is 4.65. The first-order valence-corrected chi connectivity index (χ1v) is 9.85. The van der Waals surface area contributed by atoms with Crippen LogP contribution in [0.4, 0.5) is 0 Å². The summed E-state index contributed by atoms with van der Waals surface area (Å²) in [5.41, 5.74) is 1.35. The van der Waals surface area contributed by atoms with Crippen LogP contribution in [0.2, 0.25) is 0 Å². The van der Waals surface area contributed by atoms with E-state index in [4.69, 9.17) is 4.74 Å². The number of carbonyl (C=O) groups is 1. The van der Waals surface area contributed by atoms with E-state index in [1.165, 1.54) is 12.1 Å². The Morgan fingerprint density at radius 3 is 2.42 bits per heavy atom. The number of pyridine rings is 1. The smallest absolute Gasteiger partial charge is 0.224 e. The van der Waals surface area contributed by atoms with Gasteiger partial charge in [-0.3, -0.25) is 14.7 Å². The predicted octanol–water partition coefficient (Wildman–Crippen LogP) is 0.940. The van der Waals surface area contributed by atoms with Crippen molar-refractivity contribution < 1.29 is 9.53 Å². The van der Waals surface area contributed by atoms with Gasteiger partial charge in [-0.05, 0) is 35.4 Å². The summed E-state index contributed by atoms with van der Waals surface area (Å²) in [5, 5.41) is 0. The Labute approximate surface area is 156 Å². The monoisotopic (exact) mass is 358 g/mol. The third kappa shape index (κ3) is 4.08. The van der Waals surface area contributed by atoms with Crippen LogP contribution in [0.1, 0.15) is 12.0 Å². The van der Waals surface area contributed by atoms with Crippen molar-refractivity contribution in [2.24, 2.45) is 17.8 Å². The number of likely N-dealkylation sites (tertiary alicyclic amines) is 1. The number of nitrogens with zero attached hydrogens (tertiary/aromatic N) is 4. The maximum atomic E-state index is 12.1. The Balaban J connectivity index is 1.15. The zero-order chi connectivity index (χ0) is 17.9. The van der Waals surface area contributed by atoms with Crippen molar-refractivity contribution in [3.8, 4) is 0 Å². The molecule has 1 aromatic heterocycles. The molecule has 3 fully saturated rings. The minimum Gasteiger partial charge on any atom is -0.384 e. The number of ether oxygens (including phenoxy) is 1. The third-order valence-electron chi connectivity index (χ3n) is 6.33. The average molecular weight is 358 g/mol. The highest BCUT2D eigenvalue weighted by atomic mass is 16.5. The number of fused-ring (bicyclic) bond motifs is 1. The second kappa shape index (κ2) is 8.03. The molecule has 3 atom stereocenters. The summed E-state index contributed by atoms with van der Waals surface area (Å²) in [6, 6.07) is 4.22. The second-order valence-electron chi connectivity index (χ2n) is 7.97. The van der Waals surface area contributed by atoms with Gasteiger partial charge >= 0.3 is 0 Å². The molecule has 3 heterocycles. The van der Waals surface area contributed by atoms with Crippen molar-refractivity contribution in [1.29, 1.82) is 0 Å². The lowest BCUT2D eigenvalue weighted by Gasteiger charge is -2.35. The standard InChI is InChI=1S/C20H30N4O2/c1-26-11-4-20(25)24-14-18-17(19(18)15-24)13-23-9-7-22(8-10-23)12-16-2-5-21-6-3-16/h2-3,5-6,17-19H,4,7-15H2,1H3/t17?,18-,19+. The Hall–Kier alpha value is -1.50. The number of methoxy groups -OCH3 is 1. The molecule has 1 aliphatic carbocycles. The summed E-state index contributed by atoms with van der Waals surface area (Å²) < 4.78 is 5.02. The number of hydrogen-bond acceptors (Lipinski definition) is 5. The van der Waals surface area contributed by atoms with Gasteiger partial charge in [-0.25, -0.2) is 0 Å². The molecule has 0 spiro atoms.